The molecule has 2 aromatic carbocycles. The molecule has 0 aliphatic heterocycles. The van der Waals surface area contributed by atoms with E-state index in [0.717, 1.165) is 35.7 Å². The van der Waals surface area contributed by atoms with Crippen LogP contribution in [-0.2, 0) is 0 Å². The van der Waals surface area contributed by atoms with Crippen LogP contribution in [0.4, 0.5) is 13.2 Å². The maximum Gasteiger partial charge on any atom is 0.150 e. The van der Waals surface area contributed by atoms with E-state index in [1.807, 2.05) is 0 Å². The second-order valence-corrected chi connectivity index (χ2v) is 6.50. The zero-order valence-electron chi connectivity index (χ0n) is 13.0. The Morgan fingerprint density at radius 3 is 2.38 bits per heavy atom. The number of benzene rings is 2. The predicted octanol–water partition coefficient (Wildman–Crippen LogP) is 4.70. The molecule has 5 heteroatoms. The number of rotatable bonds is 3. The van der Waals surface area contributed by atoms with Gasteiger partial charge in [0, 0.05) is 11.5 Å². The minimum atomic E-state index is -0.616. The third kappa shape index (κ3) is 2.40. The molecule has 1 aliphatic rings. The fourth-order valence-corrected chi connectivity index (χ4v) is 3.67. The standard InChI is InChI=1S/C19H17F3N2/c20-13-3-1-11(2-4-13)18-17(12-5-10(6-12)9-23)15-7-14(21)8-16(22)19(15)24-18/h1-4,7-8,10,12,24H,5-6,9,23H2/t10-,12+. The molecule has 0 amide bonds. The van der Waals surface area contributed by atoms with Gasteiger partial charge in [0.2, 0.25) is 0 Å². The largest absolute Gasteiger partial charge is 0.352 e. The fraction of sp³-hybridized carbons (Fsp3) is 0.263. The summed E-state index contributed by atoms with van der Waals surface area (Å²) in [7, 11) is 0. The zero-order chi connectivity index (χ0) is 16.8. The highest BCUT2D eigenvalue weighted by Crippen LogP contribution is 2.47. The van der Waals surface area contributed by atoms with Gasteiger partial charge >= 0.3 is 0 Å². The van der Waals surface area contributed by atoms with E-state index < -0.39 is 11.6 Å². The van der Waals surface area contributed by atoms with E-state index in [4.69, 9.17) is 5.73 Å². The van der Waals surface area contributed by atoms with Crippen molar-refractivity contribution in [2.24, 2.45) is 11.7 Å². The number of nitrogens with one attached hydrogen (secondary N) is 1. The highest BCUT2D eigenvalue weighted by Gasteiger charge is 2.33. The SMILES string of the molecule is NC[C@H]1C[C@@H](c2c(-c3ccc(F)cc3)[nH]c3c(F)cc(F)cc32)C1. The zero-order valence-corrected chi connectivity index (χ0v) is 13.0. The number of H-pyrrole nitrogens is 1. The summed E-state index contributed by atoms with van der Waals surface area (Å²) in [4.78, 5) is 3.08. The summed E-state index contributed by atoms with van der Waals surface area (Å²) >= 11 is 0. The molecule has 1 aliphatic carbocycles. The van der Waals surface area contributed by atoms with Crippen LogP contribution in [0.5, 0.6) is 0 Å². The van der Waals surface area contributed by atoms with Gasteiger partial charge in [0.15, 0.2) is 0 Å². The van der Waals surface area contributed by atoms with Crippen molar-refractivity contribution >= 4 is 10.9 Å². The maximum absolute atomic E-state index is 14.2. The summed E-state index contributed by atoms with van der Waals surface area (Å²) in [5.74, 6) is -0.900. The van der Waals surface area contributed by atoms with Crippen LogP contribution in [0.3, 0.4) is 0 Å². The van der Waals surface area contributed by atoms with E-state index in [1.54, 1.807) is 12.1 Å². The van der Waals surface area contributed by atoms with E-state index in [0.29, 0.717) is 23.4 Å². The lowest BCUT2D eigenvalue weighted by Gasteiger charge is -2.35. The van der Waals surface area contributed by atoms with Crippen molar-refractivity contribution < 1.29 is 13.2 Å². The molecule has 3 aromatic rings. The third-order valence-electron chi connectivity index (χ3n) is 4.97. The minimum absolute atomic E-state index is 0.202. The number of aromatic nitrogens is 1. The van der Waals surface area contributed by atoms with Crippen LogP contribution in [0.15, 0.2) is 36.4 Å². The van der Waals surface area contributed by atoms with E-state index in [-0.39, 0.29) is 11.7 Å². The van der Waals surface area contributed by atoms with E-state index in [1.165, 1.54) is 18.2 Å². The molecule has 124 valence electrons. The molecule has 4 rings (SSSR count). The summed E-state index contributed by atoms with van der Waals surface area (Å²) < 4.78 is 41.2. The summed E-state index contributed by atoms with van der Waals surface area (Å²) in [6.07, 6.45) is 1.80. The smallest absolute Gasteiger partial charge is 0.150 e. The van der Waals surface area contributed by atoms with Gasteiger partial charge in [-0.25, -0.2) is 13.2 Å². The maximum atomic E-state index is 14.2. The summed E-state index contributed by atoms with van der Waals surface area (Å²) in [6, 6.07) is 8.28. The second kappa shape index (κ2) is 5.67. The number of nitrogens with two attached hydrogens (primary N) is 1. The lowest BCUT2D eigenvalue weighted by molar-refractivity contribution is 0.274. The first-order chi connectivity index (χ1) is 11.6. The van der Waals surface area contributed by atoms with Crippen molar-refractivity contribution in [2.75, 3.05) is 6.54 Å². The average Bonchev–Trinajstić information content (AvgIpc) is 2.87. The Hall–Kier alpha value is -2.27. The van der Waals surface area contributed by atoms with E-state index in [9.17, 15) is 13.2 Å². The van der Waals surface area contributed by atoms with Crippen LogP contribution in [0.1, 0.15) is 24.3 Å². The van der Waals surface area contributed by atoms with Gasteiger partial charge in [0.1, 0.15) is 17.5 Å². The van der Waals surface area contributed by atoms with Crippen LogP contribution >= 0.6 is 0 Å². The normalized spacial score (nSPS) is 20.3. The first-order valence-corrected chi connectivity index (χ1v) is 8.03. The van der Waals surface area contributed by atoms with Gasteiger partial charge in [-0.1, -0.05) is 0 Å². The summed E-state index contributed by atoms with van der Waals surface area (Å²) in [5.41, 5.74) is 8.40. The molecule has 0 bridgehead atoms. The second-order valence-electron chi connectivity index (χ2n) is 6.50. The molecule has 0 spiro atoms. The van der Waals surface area contributed by atoms with Gasteiger partial charge in [0.25, 0.3) is 0 Å². The molecule has 0 saturated heterocycles. The van der Waals surface area contributed by atoms with Crippen molar-refractivity contribution in [2.45, 2.75) is 18.8 Å². The summed E-state index contributed by atoms with van der Waals surface area (Å²) in [5, 5.41) is 0.562. The Morgan fingerprint density at radius 2 is 1.71 bits per heavy atom. The molecule has 1 fully saturated rings. The minimum Gasteiger partial charge on any atom is -0.352 e. The lowest BCUT2D eigenvalue weighted by atomic mass is 9.70. The Balaban J connectivity index is 1.91. The molecule has 24 heavy (non-hydrogen) atoms. The highest BCUT2D eigenvalue weighted by molar-refractivity contribution is 5.92. The molecule has 3 N–H and O–H groups in total. The monoisotopic (exact) mass is 330 g/mol. The number of hydrogen-bond donors (Lipinski definition) is 2. The molecule has 0 radical (unpaired) electrons. The number of aromatic amines is 1. The van der Waals surface area contributed by atoms with E-state index >= 15 is 0 Å². The highest BCUT2D eigenvalue weighted by atomic mass is 19.1. The molecular formula is C19H17F3N2. The lowest BCUT2D eigenvalue weighted by Crippen LogP contribution is -2.28. The molecule has 0 unspecified atom stereocenters. The van der Waals surface area contributed by atoms with Gasteiger partial charge < -0.3 is 10.7 Å². The van der Waals surface area contributed by atoms with Crippen LogP contribution in [0, 0.1) is 23.4 Å². The van der Waals surface area contributed by atoms with Crippen LogP contribution < -0.4 is 5.73 Å². The number of hydrogen-bond acceptors (Lipinski definition) is 1. The molecule has 1 heterocycles. The number of fused-ring (bicyclic) bond motifs is 1. The topological polar surface area (TPSA) is 41.8 Å². The first kappa shape index (κ1) is 15.3. The van der Waals surface area contributed by atoms with Crippen molar-refractivity contribution in [3.05, 3.63) is 59.4 Å². The van der Waals surface area contributed by atoms with Crippen LogP contribution in [-0.4, -0.2) is 11.5 Å². The van der Waals surface area contributed by atoms with Crippen molar-refractivity contribution in [1.82, 2.24) is 4.98 Å². The van der Waals surface area contributed by atoms with Gasteiger partial charge in [-0.3, -0.25) is 0 Å². The quantitative estimate of drug-likeness (QED) is 0.718. The molecule has 1 saturated carbocycles. The van der Waals surface area contributed by atoms with Crippen molar-refractivity contribution in [3.8, 4) is 11.3 Å². The Bertz CT molecular complexity index is 893. The van der Waals surface area contributed by atoms with Crippen molar-refractivity contribution in [1.29, 1.82) is 0 Å². The summed E-state index contributed by atoms with van der Waals surface area (Å²) in [6.45, 7) is 0.619. The predicted molar refractivity (Wildman–Crippen MR) is 88.1 cm³/mol. The van der Waals surface area contributed by atoms with Gasteiger partial charge in [-0.05, 0) is 72.7 Å². The average molecular weight is 330 g/mol. The molecule has 1 aromatic heterocycles. The Labute approximate surface area is 137 Å². The van der Waals surface area contributed by atoms with Gasteiger partial charge in [-0.15, -0.1) is 0 Å². The van der Waals surface area contributed by atoms with Gasteiger partial charge in [0.05, 0.1) is 11.2 Å². The van der Waals surface area contributed by atoms with Crippen LogP contribution in [0.25, 0.3) is 22.2 Å². The Morgan fingerprint density at radius 1 is 1.00 bits per heavy atom. The fourth-order valence-electron chi connectivity index (χ4n) is 3.67. The molecule has 0 atom stereocenters. The third-order valence-corrected chi connectivity index (χ3v) is 4.97. The molecule has 2 nitrogen and oxygen atoms in total. The van der Waals surface area contributed by atoms with Gasteiger partial charge in [-0.2, -0.15) is 0 Å². The molecular weight excluding hydrogens is 313 g/mol. The van der Waals surface area contributed by atoms with Crippen molar-refractivity contribution in [3.63, 3.8) is 0 Å². The van der Waals surface area contributed by atoms with E-state index in [2.05, 4.69) is 4.98 Å². The number of halogens is 3. The Kier molecular flexibility index (Phi) is 3.61. The van der Waals surface area contributed by atoms with Crippen LogP contribution in [0.2, 0.25) is 0 Å². The first-order valence-electron chi connectivity index (χ1n) is 8.03.